The summed E-state index contributed by atoms with van der Waals surface area (Å²) in [6, 6.07) is 12.1. The van der Waals surface area contributed by atoms with E-state index in [9.17, 15) is 8.42 Å². The van der Waals surface area contributed by atoms with E-state index in [1.807, 2.05) is 0 Å². The maximum atomic E-state index is 12.3. The molecule has 0 bridgehead atoms. The molecule has 0 saturated carbocycles. The number of halogens is 2. The molecule has 0 fully saturated rings. The second-order valence-electron chi connectivity index (χ2n) is 4.16. The SMILES string of the molecule is CN(c1cccc(Br)n1)S(=O)(=O)/C=C/c1ccccc1Cl. The Bertz CT molecular complexity index is 778. The van der Waals surface area contributed by atoms with Crippen molar-refractivity contribution >= 4 is 49.4 Å². The van der Waals surface area contributed by atoms with Crippen molar-refractivity contribution in [1.29, 1.82) is 0 Å². The molecule has 21 heavy (non-hydrogen) atoms. The Labute approximate surface area is 137 Å². The van der Waals surface area contributed by atoms with Crippen molar-refractivity contribution in [2.75, 3.05) is 11.4 Å². The lowest BCUT2D eigenvalue weighted by Gasteiger charge is -2.15. The van der Waals surface area contributed by atoms with Crippen LogP contribution in [0.15, 0.2) is 52.5 Å². The highest BCUT2D eigenvalue weighted by atomic mass is 79.9. The summed E-state index contributed by atoms with van der Waals surface area (Å²) in [4.78, 5) is 4.12. The van der Waals surface area contributed by atoms with Gasteiger partial charge in [-0.2, -0.15) is 0 Å². The molecule has 0 N–H and O–H groups in total. The minimum atomic E-state index is -3.63. The summed E-state index contributed by atoms with van der Waals surface area (Å²) in [7, 11) is -2.19. The van der Waals surface area contributed by atoms with Gasteiger partial charge in [-0.3, -0.25) is 4.31 Å². The van der Waals surface area contributed by atoms with E-state index in [-0.39, 0.29) is 0 Å². The largest absolute Gasteiger partial charge is 0.258 e. The number of rotatable bonds is 4. The van der Waals surface area contributed by atoms with Gasteiger partial charge in [-0.1, -0.05) is 35.9 Å². The first-order valence-electron chi connectivity index (χ1n) is 5.94. The zero-order valence-corrected chi connectivity index (χ0v) is 14.2. The van der Waals surface area contributed by atoms with E-state index in [0.29, 0.717) is 21.0 Å². The highest BCUT2D eigenvalue weighted by Gasteiger charge is 2.16. The van der Waals surface area contributed by atoms with Gasteiger partial charge in [-0.15, -0.1) is 0 Å². The molecule has 0 aliphatic rings. The molecule has 0 saturated heterocycles. The molecule has 1 aromatic carbocycles. The van der Waals surface area contributed by atoms with Crippen LogP contribution in [-0.4, -0.2) is 20.4 Å². The van der Waals surface area contributed by atoms with Crippen LogP contribution in [0.5, 0.6) is 0 Å². The maximum absolute atomic E-state index is 12.3. The molecular weight excluding hydrogens is 376 g/mol. The third-order valence-corrected chi connectivity index (χ3v) is 4.95. The van der Waals surface area contributed by atoms with Crippen LogP contribution >= 0.6 is 27.5 Å². The van der Waals surface area contributed by atoms with Gasteiger partial charge in [0, 0.05) is 12.1 Å². The van der Waals surface area contributed by atoms with Crippen molar-refractivity contribution in [3.8, 4) is 0 Å². The Kier molecular flexibility index (Phi) is 5.03. The lowest BCUT2D eigenvalue weighted by atomic mass is 10.2. The molecule has 0 aliphatic heterocycles. The number of benzene rings is 1. The molecule has 1 heterocycles. The van der Waals surface area contributed by atoms with Crippen molar-refractivity contribution in [2.45, 2.75) is 0 Å². The molecule has 1 aromatic heterocycles. The van der Waals surface area contributed by atoms with Gasteiger partial charge >= 0.3 is 0 Å². The van der Waals surface area contributed by atoms with Crippen LogP contribution in [0.25, 0.3) is 6.08 Å². The lowest BCUT2D eigenvalue weighted by Crippen LogP contribution is -2.25. The van der Waals surface area contributed by atoms with Crippen molar-refractivity contribution in [2.24, 2.45) is 0 Å². The summed E-state index contributed by atoms with van der Waals surface area (Å²) in [6.07, 6.45) is 1.46. The molecule has 110 valence electrons. The molecule has 0 radical (unpaired) electrons. The van der Waals surface area contributed by atoms with Gasteiger partial charge in [0.25, 0.3) is 10.0 Å². The van der Waals surface area contributed by atoms with E-state index in [0.717, 1.165) is 9.71 Å². The summed E-state index contributed by atoms with van der Waals surface area (Å²) in [5, 5.41) is 1.60. The smallest absolute Gasteiger partial charge is 0.253 e. The van der Waals surface area contributed by atoms with Crippen molar-refractivity contribution in [3.63, 3.8) is 0 Å². The fourth-order valence-electron chi connectivity index (χ4n) is 1.56. The second kappa shape index (κ2) is 6.60. The van der Waals surface area contributed by atoms with E-state index in [2.05, 4.69) is 20.9 Å². The number of aromatic nitrogens is 1. The summed E-state index contributed by atoms with van der Waals surface area (Å²) in [6.45, 7) is 0. The van der Waals surface area contributed by atoms with Gasteiger partial charge in [0.2, 0.25) is 0 Å². The first-order chi connectivity index (χ1) is 9.90. The van der Waals surface area contributed by atoms with Crippen molar-refractivity contribution < 1.29 is 8.42 Å². The molecule has 0 amide bonds. The average molecular weight is 388 g/mol. The summed E-state index contributed by atoms with van der Waals surface area (Å²) >= 11 is 9.21. The monoisotopic (exact) mass is 386 g/mol. The second-order valence-corrected chi connectivity index (χ2v) is 7.22. The van der Waals surface area contributed by atoms with Crippen LogP contribution in [-0.2, 0) is 10.0 Å². The Hall–Kier alpha value is -1.37. The molecule has 4 nitrogen and oxygen atoms in total. The van der Waals surface area contributed by atoms with Gasteiger partial charge in [0.1, 0.15) is 10.4 Å². The van der Waals surface area contributed by atoms with E-state index in [4.69, 9.17) is 11.6 Å². The fraction of sp³-hybridized carbons (Fsp3) is 0.0714. The first kappa shape index (κ1) is 16.0. The number of pyridine rings is 1. The number of hydrogen-bond donors (Lipinski definition) is 0. The van der Waals surface area contributed by atoms with Gasteiger partial charge in [-0.05, 0) is 45.8 Å². The maximum Gasteiger partial charge on any atom is 0.258 e. The molecule has 2 aromatic rings. The lowest BCUT2D eigenvalue weighted by molar-refractivity contribution is 0.602. The predicted molar refractivity (Wildman–Crippen MR) is 89.7 cm³/mol. The zero-order chi connectivity index (χ0) is 15.5. The number of sulfonamides is 1. The summed E-state index contributed by atoms with van der Waals surface area (Å²) in [5.74, 6) is 0.327. The highest BCUT2D eigenvalue weighted by molar-refractivity contribution is 9.10. The molecule has 0 spiro atoms. The third-order valence-electron chi connectivity index (χ3n) is 2.73. The quantitative estimate of drug-likeness (QED) is 0.747. The Balaban J connectivity index is 2.28. The van der Waals surface area contributed by atoms with Crippen molar-refractivity contribution in [3.05, 3.63) is 63.1 Å². The Morgan fingerprint density at radius 1 is 1.19 bits per heavy atom. The average Bonchev–Trinajstić information content (AvgIpc) is 2.45. The van der Waals surface area contributed by atoms with Crippen LogP contribution in [0.2, 0.25) is 5.02 Å². The van der Waals surface area contributed by atoms with Crippen LogP contribution < -0.4 is 4.31 Å². The van der Waals surface area contributed by atoms with Gasteiger partial charge in [-0.25, -0.2) is 13.4 Å². The summed E-state index contributed by atoms with van der Waals surface area (Å²) < 4.78 is 26.2. The highest BCUT2D eigenvalue weighted by Crippen LogP contribution is 2.20. The number of nitrogens with zero attached hydrogens (tertiary/aromatic N) is 2. The first-order valence-corrected chi connectivity index (χ1v) is 8.62. The fourth-order valence-corrected chi connectivity index (χ4v) is 2.96. The summed E-state index contributed by atoms with van der Waals surface area (Å²) in [5.41, 5.74) is 0.637. The minimum Gasteiger partial charge on any atom is -0.253 e. The molecule has 7 heteroatoms. The molecular formula is C14H12BrClN2O2S. The number of anilines is 1. The third kappa shape index (κ3) is 4.06. The topological polar surface area (TPSA) is 50.3 Å². The van der Waals surface area contributed by atoms with Crippen LogP contribution in [0.4, 0.5) is 5.82 Å². The van der Waals surface area contributed by atoms with Crippen LogP contribution in [0.1, 0.15) is 5.56 Å². The standard InChI is InChI=1S/C14H12BrClN2O2S/c1-18(14-8-4-7-13(15)17-14)21(19,20)10-9-11-5-2-3-6-12(11)16/h2-10H,1H3/b10-9+. The van der Waals surface area contributed by atoms with Gasteiger partial charge in [0.05, 0.1) is 5.41 Å². The van der Waals surface area contributed by atoms with E-state index in [1.54, 1.807) is 42.5 Å². The minimum absolute atomic E-state index is 0.327. The number of hydrogen-bond acceptors (Lipinski definition) is 3. The Morgan fingerprint density at radius 3 is 2.57 bits per heavy atom. The molecule has 0 unspecified atom stereocenters. The van der Waals surface area contributed by atoms with Gasteiger partial charge in [0.15, 0.2) is 0 Å². The van der Waals surface area contributed by atoms with E-state index in [1.165, 1.54) is 13.1 Å². The Morgan fingerprint density at radius 2 is 1.90 bits per heavy atom. The molecule has 2 rings (SSSR count). The van der Waals surface area contributed by atoms with Crippen LogP contribution in [0.3, 0.4) is 0 Å². The van der Waals surface area contributed by atoms with Gasteiger partial charge < -0.3 is 0 Å². The van der Waals surface area contributed by atoms with E-state index >= 15 is 0 Å². The van der Waals surface area contributed by atoms with Crippen LogP contribution in [0, 0.1) is 0 Å². The van der Waals surface area contributed by atoms with Crippen molar-refractivity contribution in [1.82, 2.24) is 4.98 Å². The van der Waals surface area contributed by atoms with E-state index < -0.39 is 10.0 Å². The normalized spacial score (nSPS) is 11.8. The molecule has 0 aliphatic carbocycles. The predicted octanol–water partition coefficient (Wildman–Crippen LogP) is 3.93. The zero-order valence-electron chi connectivity index (χ0n) is 11.1. The molecule has 0 atom stereocenters.